The Labute approximate surface area is 97.5 Å². The quantitative estimate of drug-likeness (QED) is 0.663. The van der Waals surface area contributed by atoms with Gasteiger partial charge in [-0.05, 0) is 12.1 Å². The first-order valence-electron chi connectivity index (χ1n) is 5.67. The number of fused-ring (bicyclic) bond motifs is 4. The van der Waals surface area contributed by atoms with Crippen LogP contribution in [0, 0.1) is 0 Å². The molecule has 0 spiro atoms. The van der Waals surface area contributed by atoms with Crippen molar-refractivity contribution in [3.63, 3.8) is 0 Å². The number of aliphatic hydroxyl groups is 2. The maximum Gasteiger partial charge on any atom is 0.129 e. The molecule has 4 nitrogen and oxygen atoms in total. The van der Waals surface area contributed by atoms with E-state index in [1.807, 2.05) is 30.3 Å². The van der Waals surface area contributed by atoms with Crippen molar-refractivity contribution < 1.29 is 14.9 Å². The van der Waals surface area contributed by atoms with E-state index >= 15 is 0 Å². The standard InChI is InChI=1S/C13H11NO3/c15-10-7-5-6-3-1-2-4-8(6)14-9(7)12-13(17-12)11(10)16/h1-5,10-13,15-16H. The summed E-state index contributed by atoms with van der Waals surface area (Å²) in [6.07, 6.45) is -2.17. The molecule has 2 N–H and O–H groups in total. The number of epoxide rings is 1. The highest BCUT2D eigenvalue weighted by Crippen LogP contribution is 2.50. The van der Waals surface area contributed by atoms with Gasteiger partial charge in [0, 0.05) is 10.9 Å². The lowest BCUT2D eigenvalue weighted by atomic mass is 9.90. The molecule has 4 heteroatoms. The maximum atomic E-state index is 10.0. The Kier molecular flexibility index (Phi) is 1.71. The lowest BCUT2D eigenvalue weighted by molar-refractivity contribution is -0.000202. The van der Waals surface area contributed by atoms with Gasteiger partial charge in [-0.25, -0.2) is 4.98 Å². The third-order valence-corrected chi connectivity index (χ3v) is 3.56. The summed E-state index contributed by atoms with van der Waals surface area (Å²) >= 11 is 0. The van der Waals surface area contributed by atoms with E-state index in [1.165, 1.54) is 0 Å². The lowest BCUT2D eigenvalue weighted by Crippen LogP contribution is -2.29. The van der Waals surface area contributed by atoms with Gasteiger partial charge in [-0.1, -0.05) is 18.2 Å². The van der Waals surface area contributed by atoms with Crippen molar-refractivity contribution in [1.82, 2.24) is 4.98 Å². The molecule has 4 unspecified atom stereocenters. The minimum atomic E-state index is -0.897. The number of nitrogens with zero attached hydrogens (tertiary/aromatic N) is 1. The van der Waals surface area contributed by atoms with Gasteiger partial charge in [0.2, 0.25) is 0 Å². The fraction of sp³-hybridized carbons (Fsp3) is 0.308. The van der Waals surface area contributed by atoms with Gasteiger partial charge in [-0.3, -0.25) is 0 Å². The highest BCUT2D eigenvalue weighted by Gasteiger charge is 2.54. The zero-order valence-electron chi connectivity index (χ0n) is 8.95. The zero-order chi connectivity index (χ0) is 11.6. The highest BCUT2D eigenvalue weighted by atomic mass is 16.6. The summed E-state index contributed by atoms with van der Waals surface area (Å²) in [6.45, 7) is 0. The van der Waals surface area contributed by atoms with Crippen LogP contribution in [0.25, 0.3) is 10.9 Å². The van der Waals surface area contributed by atoms with Crippen LogP contribution < -0.4 is 0 Å². The molecule has 0 bridgehead atoms. The van der Waals surface area contributed by atoms with Crippen molar-refractivity contribution in [3.8, 4) is 0 Å². The van der Waals surface area contributed by atoms with E-state index in [1.54, 1.807) is 0 Å². The van der Waals surface area contributed by atoms with E-state index in [2.05, 4.69) is 4.98 Å². The van der Waals surface area contributed by atoms with Crippen molar-refractivity contribution in [2.45, 2.75) is 24.4 Å². The molecular formula is C13H11NO3. The molecule has 4 rings (SSSR count). The first kappa shape index (κ1) is 9.53. The molecule has 17 heavy (non-hydrogen) atoms. The first-order valence-corrected chi connectivity index (χ1v) is 5.67. The zero-order valence-corrected chi connectivity index (χ0v) is 8.95. The molecular weight excluding hydrogens is 218 g/mol. The molecule has 1 aromatic carbocycles. The number of hydrogen-bond donors (Lipinski definition) is 2. The molecule has 0 radical (unpaired) electrons. The normalized spacial score (nSPS) is 34.2. The van der Waals surface area contributed by atoms with E-state index in [0.29, 0.717) is 5.56 Å². The summed E-state index contributed by atoms with van der Waals surface area (Å²) in [4.78, 5) is 4.53. The molecule has 1 aliphatic heterocycles. The Balaban J connectivity index is 2.00. The highest BCUT2D eigenvalue weighted by molar-refractivity contribution is 5.79. The minimum absolute atomic E-state index is 0.145. The summed E-state index contributed by atoms with van der Waals surface area (Å²) < 4.78 is 5.36. The van der Waals surface area contributed by atoms with E-state index < -0.39 is 12.2 Å². The monoisotopic (exact) mass is 229 g/mol. The molecule has 0 amide bonds. The van der Waals surface area contributed by atoms with Crippen molar-refractivity contribution >= 4 is 10.9 Å². The lowest BCUT2D eigenvalue weighted by Gasteiger charge is -2.22. The van der Waals surface area contributed by atoms with E-state index in [9.17, 15) is 10.2 Å². The largest absolute Gasteiger partial charge is 0.387 e. The van der Waals surface area contributed by atoms with Gasteiger partial charge in [-0.2, -0.15) is 0 Å². The maximum absolute atomic E-state index is 10.0. The number of ether oxygens (including phenoxy) is 1. The van der Waals surface area contributed by atoms with E-state index in [-0.39, 0.29) is 12.2 Å². The minimum Gasteiger partial charge on any atom is -0.387 e. The fourth-order valence-corrected chi connectivity index (χ4v) is 2.58. The molecule has 86 valence electrons. The van der Waals surface area contributed by atoms with Crippen molar-refractivity contribution in [2.75, 3.05) is 0 Å². The molecule has 1 aromatic heterocycles. The molecule has 4 atom stereocenters. The van der Waals surface area contributed by atoms with Crippen LogP contribution in [0.4, 0.5) is 0 Å². The summed E-state index contributed by atoms with van der Waals surface area (Å²) in [5.41, 5.74) is 2.35. The molecule has 1 fully saturated rings. The number of aromatic nitrogens is 1. The number of rotatable bonds is 0. The fourth-order valence-electron chi connectivity index (χ4n) is 2.58. The number of aliphatic hydroxyl groups excluding tert-OH is 2. The van der Waals surface area contributed by atoms with E-state index in [4.69, 9.17) is 4.74 Å². The van der Waals surface area contributed by atoms with Gasteiger partial charge in [-0.15, -0.1) is 0 Å². The van der Waals surface area contributed by atoms with Gasteiger partial charge < -0.3 is 14.9 Å². The van der Waals surface area contributed by atoms with Crippen LogP contribution in [0.3, 0.4) is 0 Å². The second-order valence-corrected chi connectivity index (χ2v) is 4.61. The van der Waals surface area contributed by atoms with Crippen LogP contribution in [0.5, 0.6) is 0 Å². The predicted octanol–water partition coefficient (Wildman–Crippen LogP) is 1.08. The number of para-hydroxylation sites is 1. The van der Waals surface area contributed by atoms with Crippen LogP contribution in [0.15, 0.2) is 30.3 Å². The Morgan fingerprint density at radius 1 is 1.18 bits per heavy atom. The molecule has 2 aromatic rings. The second kappa shape index (κ2) is 3.04. The van der Waals surface area contributed by atoms with Crippen LogP contribution in [0.2, 0.25) is 0 Å². The van der Waals surface area contributed by atoms with Gasteiger partial charge in [0.1, 0.15) is 24.4 Å². The summed E-state index contributed by atoms with van der Waals surface area (Å²) in [7, 11) is 0. The summed E-state index contributed by atoms with van der Waals surface area (Å²) in [5, 5.41) is 20.8. The van der Waals surface area contributed by atoms with Crippen molar-refractivity contribution in [2.24, 2.45) is 0 Å². The van der Waals surface area contributed by atoms with Crippen LogP contribution in [0.1, 0.15) is 23.5 Å². The Morgan fingerprint density at radius 3 is 2.88 bits per heavy atom. The molecule has 2 heterocycles. The van der Waals surface area contributed by atoms with Gasteiger partial charge in [0.25, 0.3) is 0 Å². The van der Waals surface area contributed by atoms with Crippen molar-refractivity contribution in [1.29, 1.82) is 0 Å². The Hall–Kier alpha value is -1.49. The summed E-state index contributed by atoms with van der Waals surface area (Å²) in [6, 6.07) is 9.63. The van der Waals surface area contributed by atoms with Crippen molar-refractivity contribution in [3.05, 3.63) is 41.6 Å². The molecule has 0 saturated carbocycles. The molecule has 1 saturated heterocycles. The topological polar surface area (TPSA) is 65.9 Å². The molecule has 2 aliphatic rings. The second-order valence-electron chi connectivity index (χ2n) is 4.61. The Morgan fingerprint density at radius 2 is 2.00 bits per heavy atom. The average Bonchev–Trinajstić information content (AvgIpc) is 3.15. The third-order valence-electron chi connectivity index (χ3n) is 3.56. The average molecular weight is 229 g/mol. The van der Waals surface area contributed by atoms with Gasteiger partial charge in [0.15, 0.2) is 0 Å². The van der Waals surface area contributed by atoms with E-state index in [0.717, 1.165) is 16.6 Å². The number of benzene rings is 1. The Bertz CT molecular complexity index is 613. The van der Waals surface area contributed by atoms with Crippen LogP contribution >= 0.6 is 0 Å². The predicted molar refractivity (Wildman–Crippen MR) is 60.3 cm³/mol. The third kappa shape index (κ3) is 1.20. The summed E-state index contributed by atoms with van der Waals surface area (Å²) in [5.74, 6) is 0. The van der Waals surface area contributed by atoms with Crippen LogP contribution in [-0.2, 0) is 4.74 Å². The van der Waals surface area contributed by atoms with Gasteiger partial charge >= 0.3 is 0 Å². The number of pyridine rings is 1. The number of hydrogen-bond acceptors (Lipinski definition) is 4. The first-order chi connectivity index (χ1) is 8.25. The SMILES string of the molecule is OC1c2cc3ccccc3nc2C2OC2C1O. The van der Waals surface area contributed by atoms with Gasteiger partial charge in [0.05, 0.1) is 11.2 Å². The van der Waals surface area contributed by atoms with Crippen LogP contribution in [-0.4, -0.2) is 27.4 Å². The smallest absolute Gasteiger partial charge is 0.129 e. The molecule has 1 aliphatic carbocycles.